The molecule has 0 unspecified atom stereocenters. The third-order valence-electron chi connectivity index (χ3n) is 6.15. The van der Waals surface area contributed by atoms with E-state index in [1.54, 1.807) is 0 Å². The van der Waals surface area contributed by atoms with E-state index in [0.29, 0.717) is 23.4 Å². The molecule has 0 fully saturated rings. The van der Waals surface area contributed by atoms with Crippen LogP contribution in [0.3, 0.4) is 0 Å². The summed E-state index contributed by atoms with van der Waals surface area (Å²) in [5.74, 6) is 1.44. The van der Waals surface area contributed by atoms with Gasteiger partial charge in [0, 0.05) is 35.0 Å². The van der Waals surface area contributed by atoms with Crippen LogP contribution in [0.1, 0.15) is 32.8 Å². The van der Waals surface area contributed by atoms with Crippen molar-refractivity contribution < 1.29 is 9.21 Å². The zero-order valence-corrected chi connectivity index (χ0v) is 17.5. The van der Waals surface area contributed by atoms with E-state index in [0.717, 1.165) is 38.9 Å². The number of aryl methyl sites for hydroxylation is 1. The largest absolute Gasteiger partial charge is 0.458 e. The van der Waals surface area contributed by atoms with Gasteiger partial charge < -0.3 is 9.32 Å². The number of ketones is 1. The second-order valence-corrected chi connectivity index (χ2v) is 8.01. The summed E-state index contributed by atoms with van der Waals surface area (Å²) in [5, 5.41) is 2.19. The minimum absolute atomic E-state index is 0.0404. The summed E-state index contributed by atoms with van der Waals surface area (Å²) in [7, 11) is 2.03. The Bertz CT molecular complexity index is 1330. The first-order valence-electron chi connectivity index (χ1n) is 10.1. The fraction of sp³-hybridized carbons (Fsp3) is 0.148. The maximum Gasteiger partial charge on any atom is 0.197 e. The second-order valence-electron chi connectivity index (χ2n) is 8.01. The highest BCUT2D eigenvalue weighted by atomic mass is 16.3. The van der Waals surface area contributed by atoms with Gasteiger partial charge in [0.15, 0.2) is 5.78 Å². The van der Waals surface area contributed by atoms with Gasteiger partial charge >= 0.3 is 0 Å². The molecule has 3 nitrogen and oxygen atoms in total. The van der Waals surface area contributed by atoms with Gasteiger partial charge in [0.1, 0.15) is 11.5 Å². The van der Waals surface area contributed by atoms with Gasteiger partial charge in [0.25, 0.3) is 0 Å². The molecule has 5 rings (SSSR count). The molecule has 1 aliphatic rings. The normalized spacial score (nSPS) is 12.8. The lowest BCUT2D eigenvalue weighted by atomic mass is 9.81. The standard InChI is InChI=1S/C27H23NO2/c1-16-9-8-12-21-20(16)13-14-22-24(21)18(3)26(29)25-17(2)23(30-27(22)25)15-28(4)19-10-6-5-7-11-19/h5-14H,3,15H2,1-2,4H3. The van der Waals surface area contributed by atoms with Crippen LogP contribution >= 0.6 is 0 Å². The summed E-state index contributed by atoms with van der Waals surface area (Å²) in [6, 6.07) is 20.5. The van der Waals surface area contributed by atoms with E-state index in [2.05, 4.69) is 54.8 Å². The molecular weight excluding hydrogens is 370 g/mol. The molecule has 0 atom stereocenters. The van der Waals surface area contributed by atoms with E-state index in [1.165, 1.54) is 5.56 Å². The molecule has 0 saturated carbocycles. The van der Waals surface area contributed by atoms with Crippen molar-refractivity contribution >= 4 is 27.8 Å². The predicted octanol–water partition coefficient (Wildman–Crippen LogP) is 6.56. The number of hydrogen-bond acceptors (Lipinski definition) is 3. The van der Waals surface area contributed by atoms with Crippen LogP contribution < -0.4 is 4.90 Å². The molecule has 0 saturated heterocycles. The van der Waals surface area contributed by atoms with Gasteiger partial charge in [-0.2, -0.15) is 0 Å². The van der Waals surface area contributed by atoms with Gasteiger partial charge in [-0.05, 0) is 48.4 Å². The molecule has 0 radical (unpaired) electrons. The third-order valence-corrected chi connectivity index (χ3v) is 6.15. The molecule has 0 amide bonds. The molecule has 4 aromatic rings. The lowest BCUT2D eigenvalue weighted by Crippen LogP contribution is -2.16. The summed E-state index contributed by atoms with van der Waals surface area (Å²) < 4.78 is 6.35. The molecule has 0 N–H and O–H groups in total. The van der Waals surface area contributed by atoms with Crippen LogP contribution in [-0.4, -0.2) is 12.8 Å². The number of carbonyl (C=O) groups excluding carboxylic acids is 1. The Kier molecular flexibility index (Phi) is 4.14. The van der Waals surface area contributed by atoms with Crippen molar-refractivity contribution in [3.05, 3.63) is 95.3 Å². The average Bonchev–Trinajstić information content (AvgIpc) is 3.08. The van der Waals surface area contributed by atoms with Gasteiger partial charge in [-0.15, -0.1) is 0 Å². The number of fused-ring (bicyclic) bond motifs is 5. The molecule has 1 aromatic heterocycles. The fourth-order valence-electron chi connectivity index (χ4n) is 4.46. The Hall–Kier alpha value is -3.59. The number of hydrogen-bond donors (Lipinski definition) is 0. The molecule has 3 heteroatoms. The highest BCUT2D eigenvalue weighted by molar-refractivity contribution is 6.36. The lowest BCUT2D eigenvalue weighted by molar-refractivity contribution is 0.105. The monoisotopic (exact) mass is 393 g/mol. The first-order chi connectivity index (χ1) is 14.5. The van der Waals surface area contributed by atoms with Gasteiger partial charge in [-0.25, -0.2) is 0 Å². The van der Waals surface area contributed by atoms with E-state index in [4.69, 9.17) is 4.42 Å². The van der Waals surface area contributed by atoms with Crippen molar-refractivity contribution in [2.75, 3.05) is 11.9 Å². The van der Waals surface area contributed by atoms with Crippen LogP contribution in [0.2, 0.25) is 0 Å². The summed E-state index contributed by atoms with van der Waals surface area (Å²) in [6.07, 6.45) is 0. The van der Waals surface area contributed by atoms with Crippen LogP contribution in [-0.2, 0) is 6.54 Å². The number of allylic oxidation sites excluding steroid dienone is 1. The molecule has 0 bridgehead atoms. The Morgan fingerprint density at radius 2 is 1.67 bits per heavy atom. The van der Waals surface area contributed by atoms with Crippen molar-refractivity contribution in [1.29, 1.82) is 0 Å². The minimum Gasteiger partial charge on any atom is -0.458 e. The zero-order chi connectivity index (χ0) is 21.0. The summed E-state index contributed by atoms with van der Waals surface area (Å²) in [6.45, 7) is 8.82. The molecule has 148 valence electrons. The Morgan fingerprint density at radius 1 is 0.900 bits per heavy atom. The number of anilines is 1. The third kappa shape index (κ3) is 2.62. The fourth-order valence-corrected chi connectivity index (χ4v) is 4.46. The van der Waals surface area contributed by atoms with Crippen molar-refractivity contribution in [2.45, 2.75) is 20.4 Å². The van der Waals surface area contributed by atoms with E-state index < -0.39 is 0 Å². The summed E-state index contributed by atoms with van der Waals surface area (Å²) >= 11 is 0. The first-order valence-corrected chi connectivity index (χ1v) is 10.1. The number of Topliss-reactive ketones (excluding diaryl/α,β-unsaturated/α-hetero) is 1. The number of para-hydroxylation sites is 1. The molecule has 3 aromatic carbocycles. The molecule has 1 aliphatic carbocycles. The Labute approximate surface area is 176 Å². The number of benzene rings is 3. The minimum atomic E-state index is -0.0404. The van der Waals surface area contributed by atoms with Crippen molar-refractivity contribution in [2.24, 2.45) is 0 Å². The Morgan fingerprint density at radius 3 is 2.43 bits per heavy atom. The quantitative estimate of drug-likeness (QED) is 0.369. The zero-order valence-electron chi connectivity index (χ0n) is 17.5. The average molecular weight is 393 g/mol. The van der Waals surface area contributed by atoms with E-state index >= 15 is 0 Å². The van der Waals surface area contributed by atoms with Crippen LogP contribution in [0.25, 0.3) is 27.7 Å². The molecule has 30 heavy (non-hydrogen) atoms. The smallest absolute Gasteiger partial charge is 0.197 e. The Balaban J connectivity index is 1.67. The van der Waals surface area contributed by atoms with Crippen LogP contribution in [0, 0.1) is 13.8 Å². The van der Waals surface area contributed by atoms with Gasteiger partial charge in [-0.1, -0.05) is 49.0 Å². The summed E-state index contributed by atoms with van der Waals surface area (Å²) in [5.41, 5.74) is 6.21. The maximum absolute atomic E-state index is 13.3. The van der Waals surface area contributed by atoms with Gasteiger partial charge in [-0.3, -0.25) is 4.79 Å². The highest BCUT2D eigenvalue weighted by Crippen LogP contribution is 2.45. The molecule has 0 aliphatic heterocycles. The van der Waals surface area contributed by atoms with Gasteiger partial charge in [0.2, 0.25) is 0 Å². The number of furan rings is 1. The van der Waals surface area contributed by atoms with E-state index in [-0.39, 0.29) is 5.78 Å². The van der Waals surface area contributed by atoms with E-state index in [1.807, 2.05) is 38.2 Å². The van der Waals surface area contributed by atoms with Crippen LogP contribution in [0.5, 0.6) is 0 Å². The SMILES string of the molecule is C=C1C(=O)c2c(oc(CN(C)c3ccccc3)c2C)-c2ccc3c(C)cccc3c21. The lowest BCUT2D eigenvalue weighted by Gasteiger charge is -2.19. The topological polar surface area (TPSA) is 33.5 Å². The van der Waals surface area contributed by atoms with Crippen LogP contribution in [0.15, 0.2) is 71.7 Å². The molecule has 1 heterocycles. The second kappa shape index (κ2) is 6.74. The highest BCUT2D eigenvalue weighted by Gasteiger charge is 2.34. The van der Waals surface area contributed by atoms with Crippen molar-refractivity contribution in [3.63, 3.8) is 0 Å². The number of carbonyl (C=O) groups is 1. The van der Waals surface area contributed by atoms with Crippen molar-refractivity contribution in [3.8, 4) is 11.3 Å². The van der Waals surface area contributed by atoms with E-state index in [9.17, 15) is 4.79 Å². The molecule has 0 spiro atoms. The van der Waals surface area contributed by atoms with Gasteiger partial charge in [0.05, 0.1) is 12.1 Å². The molecular formula is C27H23NO2. The summed E-state index contributed by atoms with van der Waals surface area (Å²) in [4.78, 5) is 15.5. The first kappa shape index (κ1) is 18.4. The number of nitrogens with zero attached hydrogens (tertiary/aromatic N) is 1. The van der Waals surface area contributed by atoms with Crippen LogP contribution in [0.4, 0.5) is 5.69 Å². The maximum atomic E-state index is 13.3. The predicted molar refractivity (Wildman–Crippen MR) is 123 cm³/mol. The van der Waals surface area contributed by atoms with Crippen molar-refractivity contribution in [1.82, 2.24) is 0 Å². The number of rotatable bonds is 3.